The van der Waals surface area contributed by atoms with Crippen LogP contribution in [-0.2, 0) is 19.9 Å². The van der Waals surface area contributed by atoms with Gasteiger partial charge in [0.25, 0.3) is 5.91 Å². The minimum atomic E-state index is -1.20. The molecule has 3 aliphatic rings. The minimum absolute atomic E-state index is 0.0228. The highest BCUT2D eigenvalue weighted by Gasteiger charge is 2.67. The third-order valence-corrected chi connectivity index (χ3v) is 5.17. The van der Waals surface area contributed by atoms with Crippen molar-refractivity contribution in [1.82, 2.24) is 9.91 Å². The summed E-state index contributed by atoms with van der Waals surface area (Å²) in [6, 6.07) is 7.52. The second-order valence-corrected chi connectivity index (χ2v) is 7.06. The summed E-state index contributed by atoms with van der Waals surface area (Å²) >= 11 is 0. The summed E-state index contributed by atoms with van der Waals surface area (Å²) < 4.78 is 0. The van der Waals surface area contributed by atoms with Crippen molar-refractivity contribution in [3.05, 3.63) is 29.8 Å². The molecule has 3 heterocycles. The molecule has 0 bridgehead atoms. The van der Waals surface area contributed by atoms with Gasteiger partial charge in [0.2, 0.25) is 11.8 Å². The molecule has 1 atom stereocenters. The first-order chi connectivity index (χ1) is 10.8. The SMILES string of the molecule is CCN1C(=O)CC2(C1=O)c1ccccc1N1CC(C)(C)C(=O)N12. The normalized spacial score (nSPS) is 28.1. The Labute approximate surface area is 134 Å². The van der Waals surface area contributed by atoms with Gasteiger partial charge in [-0.1, -0.05) is 18.2 Å². The second kappa shape index (κ2) is 4.13. The predicted molar refractivity (Wildman–Crippen MR) is 83.1 cm³/mol. The number of rotatable bonds is 1. The topological polar surface area (TPSA) is 60.9 Å². The highest BCUT2D eigenvalue weighted by molar-refractivity contribution is 6.13. The summed E-state index contributed by atoms with van der Waals surface area (Å²) in [5.41, 5.74) is -0.165. The van der Waals surface area contributed by atoms with Crippen LogP contribution in [0.15, 0.2) is 24.3 Å². The highest BCUT2D eigenvalue weighted by atomic mass is 16.2. The number of carbonyl (C=O) groups is 3. The average molecular weight is 313 g/mol. The fourth-order valence-corrected chi connectivity index (χ4v) is 4.07. The predicted octanol–water partition coefficient (Wildman–Crippen LogP) is 1.26. The van der Waals surface area contributed by atoms with Crippen molar-refractivity contribution in [3.63, 3.8) is 0 Å². The third kappa shape index (κ3) is 1.46. The van der Waals surface area contributed by atoms with E-state index in [2.05, 4.69) is 0 Å². The number of fused-ring (bicyclic) bond motifs is 5. The number of hydrogen-bond donors (Lipinski definition) is 0. The molecule has 120 valence electrons. The van der Waals surface area contributed by atoms with Crippen LogP contribution in [0.4, 0.5) is 5.69 Å². The highest BCUT2D eigenvalue weighted by Crippen LogP contribution is 2.54. The third-order valence-electron chi connectivity index (χ3n) is 5.17. The zero-order valence-electron chi connectivity index (χ0n) is 13.5. The van der Waals surface area contributed by atoms with Gasteiger partial charge in [-0.15, -0.1) is 0 Å². The van der Waals surface area contributed by atoms with Crippen LogP contribution in [0, 0.1) is 5.41 Å². The Hall–Kier alpha value is -2.37. The van der Waals surface area contributed by atoms with E-state index >= 15 is 0 Å². The largest absolute Gasteiger partial charge is 0.280 e. The first-order valence-corrected chi connectivity index (χ1v) is 7.91. The average Bonchev–Trinajstić information content (AvgIpc) is 3.02. The lowest BCUT2D eigenvalue weighted by molar-refractivity contribution is -0.150. The van der Waals surface area contributed by atoms with Crippen LogP contribution in [0.25, 0.3) is 0 Å². The van der Waals surface area contributed by atoms with E-state index in [4.69, 9.17) is 0 Å². The van der Waals surface area contributed by atoms with E-state index < -0.39 is 11.0 Å². The number of benzene rings is 1. The summed E-state index contributed by atoms with van der Waals surface area (Å²) in [6.45, 7) is 6.37. The van der Waals surface area contributed by atoms with E-state index in [9.17, 15) is 14.4 Å². The van der Waals surface area contributed by atoms with E-state index in [1.54, 1.807) is 11.9 Å². The number of para-hydroxylation sites is 1. The fourth-order valence-electron chi connectivity index (χ4n) is 4.07. The van der Waals surface area contributed by atoms with E-state index in [0.29, 0.717) is 13.1 Å². The van der Waals surface area contributed by atoms with Gasteiger partial charge in [-0.25, -0.2) is 5.01 Å². The Kier molecular flexibility index (Phi) is 2.55. The zero-order valence-corrected chi connectivity index (χ0v) is 13.5. The van der Waals surface area contributed by atoms with Gasteiger partial charge in [0.1, 0.15) is 0 Å². The molecule has 6 nitrogen and oxygen atoms in total. The van der Waals surface area contributed by atoms with E-state index in [-0.39, 0.29) is 24.1 Å². The molecule has 1 unspecified atom stereocenters. The van der Waals surface area contributed by atoms with Crippen molar-refractivity contribution < 1.29 is 14.4 Å². The number of carbonyl (C=O) groups excluding carboxylic acids is 3. The van der Waals surface area contributed by atoms with Crippen LogP contribution in [0.1, 0.15) is 32.8 Å². The molecule has 4 rings (SSSR count). The van der Waals surface area contributed by atoms with Crippen molar-refractivity contribution in [1.29, 1.82) is 0 Å². The number of nitrogens with zero attached hydrogens (tertiary/aromatic N) is 3. The molecular formula is C17H19N3O3. The molecule has 0 N–H and O–H groups in total. The lowest BCUT2D eigenvalue weighted by Gasteiger charge is -2.33. The minimum Gasteiger partial charge on any atom is -0.280 e. The Balaban J connectivity index is 1.97. The van der Waals surface area contributed by atoms with Crippen LogP contribution < -0.4 is 5.01 Å². The first-order valence-electron chi connectivity index (χ1n) is 7.91. The molecular weight excluding hydrogens is 294 g/mol. The quantitative estimate of drug-likeness (QED) is 0.733. The van der Waals surface area contributed by atoms with Gasteiger partial charge in [0.15, 0.2) is 5.54 Å². The first kappa shape index (κ1) is 14.2. The van der Waals surface area contributed by atoms with Gasteiger partial charge < -0.3 is 0 Å². The molecule has 1 aromatic rings. The molecule has 6 heteroatoms. The Morgan fingerprint density at radius 3 is 2.43 bits per heavy atom. The molecule has 2 fully saturated rings. The molecule has 3 aliphatic heterocycles. The summed E-state index contributed by atoms with van der Waals surface area (Å²) in [6.07, 6.45) is 0.0228. The van der Waals surface area contributed by atoms with Gasteiger partial charge in [-0.3, -0.25) is 24.3 Å². The monoisotopic (exact) mass is 313 g/mol. The van der Waals surface area contributed by atoms with Crippen LogP contribution in [0.3, 0.4) is 0 Å². The van der Waals surface area contributed by atoms with Gasteiger partial charge in [-0.2, -0.15) is 0 Å². The second-order valence-electron chi connectivity index (χ2n) is 7.06. The lowest BCUT2D eigenvalue weighted by Crippen LogP contribution is -2.53. The Bertz CT molecular complexity index is 757. The molecule has 2 saturated heterocycles. The van der Waals surface area contributed by atoms with Gasteiger partial charge in [0.05, 0.1) is 24.1 Å². The summed E-state index contributed by atoms with van der Waals surface area (Å²) in [4.78, 5) is 39.8. The lowest BCUT2D eigenvalue weighted by atomic mass is 9.84. The number of amides is 3. The zero-order chi connectivity index (χ0) is 16.6. The van der Waals surface area contributed by atoms with Crippen molar-refractivity contribution in [2.24, 2.45) is 5.41 Å². The van der Waals surface area contributed by atoms with Gasteiger partial charge in [0, 0.05) is 12.1 Å². The maximum atomic E-state index is 13.1. The van der Waals surface area contributed by atoms with Crippen molar-refractivity contribution in [2.75, 3.05) is 18.1 Å². The molecule has 0 aromatic heterocycles. The molecule has 1 aromatic carbocycles. The molecule has 0 aliphatic carbocycles. The summed E-state index contributed by atoms with van der Waals surface area (Å²) in [5.74, 6) is -0.606. The molecule has 3 amide bonds. The molecule has 23 heavy (non-hydrogen) atoms. The molecule has 1 spiro atoms. The van der Waals surface area contributed by atoms with Crippen LogP contribution in [-0.4, -0.2) is 40.7 Å². The summed E-state index contributed by atoms with van der Waals surface area (Å²) in [5, 5.41) is 3.43. The fraction of sp³-hybridized carbons (Fsp3) is 0.471. The Morgan fingerprint density at radius 1 is 1.09 bits per heavy atom. The van der Waals surface area contributed by atoms with E-state index in [0.717, 1.165) is 11.3 Å². The smallest absolute Gasteiger partial charge is 0.262 e. The van der Waals surface area contributed by atoms with Crippen LogP contribution in [0.5, 0.6) is 0 Å². The molecule has 0 saturated carbocycles. The number of hydrazine groups is 1. The van der Waals surface area contributed by atoms with Crippen molar-refractivity contribution in [2.45, 2.75) is 32.7 Å². The van der Waals surface area contributed by atoms with Gasteiger partial charge in [-0.05, 0) is 26.8 Å². The maximum Gasteiger partial charge on any atom is 0.262 e. The van der Waals surface area contributed by atoms with Crippen molar-refractivity contribution >= 4 is 23.4 Å². The van der Waals surface area contributed by atoms with Gasteiger partial charge >= 0.3 is 0 Å². The van der Waals surface area contributed by atoms with E-state index in [1.165, 1.54) is 4.90 Å². The standard InChI is InChI=1S/C17H19N3O3/c1-4-18-13(21)9-17(15(18)23)11-7-5-6-8-12(11)19-10-16(2,3)14(22)20(17)19/h5-8H,4,9-10H2,1-3H3. The summed E-state index contributed by atoms with van der Waals surface area (Å²) in [7, 11) is 0. The Morgan fingerprint density at radius 2 is 1.78 bits per heavy atom. The van der Waals surface area contributed by atoms with E-state index in [1.807, 2.05) is 43.1 Å². The molecule has 0 radical (unpaired) electrons. The van der Waals surface area contributed by atoms with Crippen LogP contribution in [0.2, 0.25) is 0 Å². The maximum absolute atomic E-state index is 13.1. The van der Waals surface area contributed by atoms with Crippen molar-refractivity contribution in [3.8, 4) is 0 Å². The number of likely N-dealkylation sites (tertiary alicyclic amines) is 1. The number of hydrogen-bond acceptors (Lipinski definition) is 4. The number of likely N-dealkylation sites (N-methyl/N-ethyl adjacent to an activating group) is 1. The number of anilines is 1. The van der Waals surface area contributed by atoms with Crippen LogP contribution >= 0.6 is 0 Å². The number of imide groups is 1.